The summed E-state index contributed by atoms with van der Waals surface area (Å²) in [4.78, 5) is 17.9. The van der Waals surface area contributed by atoms with E-state index in [4.69, 9.17) is 5.73 Å². The van der Waals surface area contributed by atoms with Crippen LogP contribution in [0.15, 0.2) is 17.1 Å². The third-order valence-corrected chi connectivity index (χ3v) is 1.79. The molecule has 15 heavy (non-hydrogen) atoms. The molecule has 0 aromatic carbocycles. The van der Waals surface area contributed by atoms with Crippen LogP contribution in [0.1, 0.15) is 11.5 Å². The van der Waals surface area contributed by atoms with E-state index in [-0.39, 0.29) is 5.56 Å². The van der Waals surface area contributed by atoms with E-state index in [0.29, 0.717) is 23.9 Å². The molecule has 2 aromatic rings. The number of aryl methyl sites for hydroxylation is 1. The van der Waals surface area contributed by atoms with E-state index >= 15 is 0 Å². The third-order valence-electron chi connectivity index (χ3n) is 1.79. The summed E-state index contributed by atoms with van der Waals surface area (Å²) in [5.74, 6) is 0.870. The summed E-state index contributed by atoms with van der Waals surface area (Å²) in [6.07, 6.45) is 1.57. The Kier molecular flexibility index (Phi) is 2.20. The Labute approximate surface area is 85.0 Å². The minimum absolute atomic E-state index is 0.175. The first kappa shape index (κ1) is 9.38. The van der Waals surface area contributed by atoms with Crippen LogP contribution in [0.5, 0.6) is 0 Å². The van der Waals surface area contributed by atoms with Gasteiger partial charge >= 0.3 is 0 Å². The molecule has 78 valence electrons. The van der Waals surface area contributed by atoms with Crippen LogP contribution in [0.3, 0.4) is 0 Å². The summed E-state index contributed by atoms with van der Waals surface area (Å²) >= 11 is 0. The SMILES string of the molecule is Cc1cc(=O)[nH]c(Cn2cc(N)nn2)n1. The molecule has 0 atom stereocenters. The summed E-state index contributed by atoms with van der Waals surface area (Å²) in [5.41, 5.74) is 5.90. The number of hydrogen-bond acceptors (Lipinski definition) is 5. The number of hydrogen-bond donors (Lipinski definition) is 2. The van der Waals surface area contributed by atoms with Gasteiger partial charge in [0, 0.05) is 11.8 Å². The maximum Gasteiger partial charge on any atom is 0.251 e. The molecule has 2 aromatic heterocycles. The zero-order valence-electron chi connectivity index (χ0n) is 8.14. The van der Waals surface area contributed by atoms with Crippen LogP contribution in [-0.2, 0) is 6.54 Å². The first-order valence-corrected chi connectivity index (χ1v) is 4.36. The highest BCUT2D eigenvalue weighted by Crippen LogP contribution is 1.96. The predicted octanol–water partition coefficient (Wildman–Crippen LogP) is -0.700. The highest BCUT2D eigenvalue weighted by Gasteiger charge is 2.01. The number of aromatic nitrogens is 5. The normalized spacial score (nSPS) is 10.5. The fourth-order valence-corrected chi connectivity index (χ4v) is 1.26. The van der Waals surface area contributed by atoms with Crippen LogP contribution < -0.4 is 11.3 Å². The first-order valence-electron chi connectivity index (χ1n) is 4.36. The van der Waals surface area contributed by atoms with Gasteiger partial charge in [0.2, 0.25) is 0 Å². The van der Waals surface area contributed by atoms with Gasteiger partial charge < -0.3 is 10.7 Å². The van der Waals surface area contributed by atoms with Gasteiger partial charge in [-0.1, -0.05) is 5.21 Å². The van der Waals surface area contributed by atoms with E-state index in [1.54, 1.807) is 13.1 Å². The number of nitrogen functional groups attached to an aromatic ring is 1. The summed E-state index contributed by atoms with van der Waals surface area (Å²) in [5, 5.41) is 7.38. The van der Waals surface area contributed by atoms with Crippen molar-refractivity contribution in [2.24, 2.45) is 0 Å². The van der Waals surface area contributed by atoms with Gasteiger partial charge in [0.05, 0.1) is 6.20 Å². The average molecular weight is 206 g/mol. The molecule has 0 aliphatic heterocycles. The molecule has 0 spiro atoms. The molecule has 0 unspecified atom stereocenters. The van der Waals surface area contributed by atoms with E-state index in [2.05, 4.69) is 20.3 Å². The highest BCUT2D eigenvalue weighted by atomic mass is 16.1. The Morgan fingerprint density at radius 1 is 1.60 bits per heavy atom. The van der Waals surface area contributed by atoms with E-state index in [9.17, 15) is 4.79 Å². The lowest BCUT2D eigenvalue weighted by Gasteiger charge is -2.00. The minimum atomic E-state index is -0.175. The van der Waals surface area contributed by atoms with E-state index in [0.717, 1.165) is 0 Å². The molecule has 0 saturated heterocycles. The first-order chi connectivity index (χ1) is 7.13. The van der Waals surface area contributed by atoms with Gasteiger partial charge in [0.15, 0.2) is 5.82 Å². The second-order valence-electron chi connectivity index (χ2n) is 3.17. The van der Waals surface area contributed by atoms with Crippen LogP contribution in [0.2, 0.25) is 0 Å². The molecule has 3 N–H and O–H groups in total. The van der Waals surface area contributed by atoms with Gasteiger partial charge in [-0.2, -0.15) is 0 Å². The zero-order valence-corrected chi connectivity index (χ0v) is 8.14. The number of nitrogens with zero attached hydrogens (tertiary/aromatic N) is 4. The number of nitrogens with one attached hydrogen (secondary N) is 1. The Morgan fingerprint density at radius 2 is 2.40 bits per heavy atom. The van der Waals surface area contributed by atoms with Gasteiger partial charge in [-0.3, -0.25) is 4.79 Å². The lowest BCUT2D eigenvalue weighted by atomic mass is 10.4. The van der Waals surface area contributed by atoms with Crippen molar-refractivity contribution < 1.29 is 0 Å². The predicted molar refractivity (Wildman–Crippen MR) is 53.1 cm³/mol. The van der Waals surface area contributed by atoms with E-state index in [1.165, 1.54) is 10.7 Å². The minimum Gasteiger partial charge on any atom is -0.381 e. The molecule has 0 saturated carbocycles. The summed E-state index contributed by atoms with van der Waals surface area (Å²) in [6.45, 7) is 2.11. The quantitative estimate of drug-likeness (QED) is 0.676. The van der Waals surface area contributed by atoms with Crippen LogP contribution in [-0.4, -0.2) is 25.0 Å². The lowest BCUT2D eigenvalue weighted by molar-refractivity contribution is 0.621. The monoisotopic (exact) mass is 206 g/mol. The summed E-state index contributed by atoms with van der Waals surface area (Å²) in [6, 6.07) is 1.43. The van der Waals surface area contributed by atoms with Crippen LogP contribution in [0, 0.1) is 6.92 Å². The third kappa shape index (κ3) is 2.19. The van der Waals surface area contributed by atoms with Crippen molar-refractivity contribution >= 4 is 5.82 Å². The molecule has 0 radical (unpaired) electrons. The Balaban J connectivity index is 2.28. The molecule has 7 nitrogen and oxygen atoms in total. The van der Waals surface area contributed by atoms with E-state index < -0.39 is 0 Å². The Hall–Kier alpha value is -2.18. The van der Waals surface area contributed by atoms with Gasteiger partial charge in [-0.25, -0.2) is 9.67 Å². The number of aromatic amines is 1. The zero-order chi connectivity index (χ0) is 10.8. The van der Waals surface area contributed by atoms with Crippen molar-refractivity contribution in [2.75, 3.05) is 5.73 Å². The molecular weight excluding hydrogens is 196 g/mol. The van der Waals surface area contributed by atoms with Crippen molar-refractivity contribution in [1.82, 2.24) is 25.0 Å². The summed E-state index contributed by atoms with van der Waals surface area (Å²) < 4.78 is 1.51. The van der Waals surface area contributed by atoms with Crippen molar-refractivity contribution in [3.63, 3.8) is 0 Å². The van der Waals surface area contributed by atoms with Crippen molar-refractivity contribution in [2.45, 2.75) is 13.5 Å². The molecule has 0 aliphatic carbocycles. The molecule has 2 rings (SSSR count). The highest BCUT2D eigenvalue weighted by molar-refractivity contribution is 5.20. The van der Waals surface area contributed by atoms with Crippen molar-refractivity contribution in [3.05, 3.63) is 34.1 Å². The van der Waals surface area contributed by atoms with Crippen LogP contribution in [0.25, 0.3) is 0 Å². The fraction of sp³-hybridized carbons (Fsp3) is 0.250. The molecule has 0 bridgehead atoms. The average Bonchev–Trinajstić information content (AvgIpc) is 2.49. The summed E-state index contributed by atoms with van der Waals surface area (Å²) in [7, 11) is 0. The molecule has 0 aliphatic rings. The maximum atomic E-state index is 11.1. The fourth-order valence-electron chi connectivity index (χ4n) is 1.26. The van der Waals surface area contributed by atoms with E-state index in [1.807, 2.05) is 0 Å². The van der Waals surface area contributed by atoms with Crippen molar-refractivity contribution in [1.29, 1.82) is 0 Å². The van der Waals surface area contributed by atoms with Crippen LogP contribution in [0.4, 0.5) is 5.82 Å². The van der Waals surface area contributed by atoms with Gasteiger partial charge in [0.1, 0.15) is 12.4 Å². The second kappa shape index (κ2) is 3.52. The molecule has 0 fully saturated rings. The standard InChI is InChI=1S/C8H10N6O/c1-5-2-8(15)11-7(10-5)4-14-3-6(9)12-13-14/h2-3H,4,9H2,1H3,(H,10,11,15). The van der Waals surface area contributed by atoms with Gasteiger partial charge in [0.25, 0.3) is 5.56 Å². The largest absolute Gasteiger partial charge is 0.381 e. The molecule has 2 heterocycles. The second-order valence-corrected chi connectivity index (χ2v) is 3.17. The number of nitrogens with two attached hydrogens (primary N) is 1. The number of rotatable bonds is 2. The Bertz CT molecular complexity index is 528. The topological polar surface area (TPSA) is 102 Å². The van der Waals surface area contributed by atoms with Crippen molar-refractivity contribution in [3.8, 4) is 0 Å². The lowest BCUT2D eigenvalue weighted by Crippen LogP contribution is -2.14. The number of H-pyrrole nitrogens is 1. The molecular formula is C8H10N6O. The molecule has 7 heteroatoms. The Morgan fingerprint density at radius 3 is 3.00 bits per heavy atom. The molecule has 0 amide bonds. The van der Waals surface area contributed by atoms with Gasteiger partial charge in [-0.15, -0.1) is 5.10 Å². The number of anilines is 1. The van der Waals surface area contributed by atoms with Crippen LogP contribution >= 0.6 is 0 Å². The van der Waals surface area contributed by atoms with Gasteiger partial charge in [-0.05, 0) is 6.92 Å². The smallest absolute Gasteiger partial charge is 0.251 e. The maximum absolute atomic E-state index is 11.1.